The fourth-order valence-electron chi connectivity index (χ4n) is 2.19. The zero-order valence-corrected chi connectivity index (χ0v) is 7.55. The van der Waals surface area contributed by atoms with E-state index in [9.17, 15) is 0 Å². The van der Waals surface area contributed by atoms with Gasteiger partial charge in [-0.05, 0) is 32.1 Å². The van der Waals surface area contributed by atoms with Gasteiger partial charge in [0, 0.05) is 0 Å². The van der Waals surface area contributed by atoms with Crippen LogP contribution in [-0.2, 0) is 4.74 Å². The van der Waals surface area contributed by atoms with Gasteiger partial charge < -0.3 is 9.84 Å². The monoisotopic (exact) mass is 168 g/mol. The fraction of sp³-hybridized carbons (Fsp3) is 0.800. The molecule has 1 N–H and O–H groups in total. The molecular weight excluding hydrogens is 152 g/mol. The van der Waals surface area contributed by atoms with E-state index in [4.69, 9.17) is 9.84 Å². The lowest BCUT2D eigenvalue weighted by Crippen LogP contribution is -2.27. The van der Waals surface area contributed by atoms with Gasteiger partial charge in [-0.15, -0.1) is 0 Å². The minimum atomic E-state index is -0.133. The number of fused-ring (bicyclic) bond motifs is 1. The summed E-state index contributed by atoms with van der Waals surface area (Å²) in [4.78, 5) is 0. The second-order valence-corrected chi connectivity index (χ2v) is 4.15. The van der Waals surface area contributed by atoms with E-state index < -0.39 is 0 Å². The number of aliphatic hydroxyl groups is 1. The molecule has 1 saturated carbocycles. The molecule has 0 aromatic rings. The molecule has 2 heteroatoms. The highest BCUT2D eigenvalue weighted by molar-refractivity contribution is 5.11. The van der Waals surface area contributed by atoms with Crippen LogP contribution in [0.4, 0.5) is 0 Å². The number of hydrogen-bond acceptors (Lipinski definition) is 2. The summed E-state index contributed by atoms with van der Waals surface area (Å²) in [5, 5.41) is 9.07. The van der Waals surface area contributed by atoms with Gasteiger partial charge in [-0.1, -0.05) is 12.2 Å². The maximum Gasteiger partial charge on any atom is 0.118 e. The fourth-order valence-corrected chi connectivity index (χ4v) is 2.19. The van der Waals surface area contributed by atoms with Crippen molar-refractivity contribution in [3.8, 4) is 0 Å². The molecule has 3 atom stereocenters. The van der Waals surface area contributed by atoms with Crippen molar-refractivity contribution in [2.24, 2.45) is 5.92 Å². The Kier molecular flexibility index (Phi) is 1.77. The SMILES string of the molecule is C=C(C)C1CC[C@]2(CO)OC2C1. The van der Waals surface area contributed by atoms with Gasteiger partial charge in [0.2, 0.25) is 0 Å². The second-order valence-electron chi connectivity index (χ2n) is 4.15. The van der Waals surface area contributed by atoms with E-state index in [2.05, 4.69) is 13.5 Å². The van der Waals surface area contributed by atoms with Gasteiger partial charge in [-0.25, -0.2) is 0 Å². The molecule has 0 bridgehead atoms. The zero-order valence-electron chi connectivity index (χ0n) is 7.55. The summed E-state index contributed by atoms with van der Waals surface area (Å²) in [7, 11) is 0. The summed E-state index contributed by atoms with van der Waals surface area (Å²) in [5.74, 6) is 0.622. The first-order chi connectivity index (χ1) is 5.68. The van der Waals surface area contributed by atoms with Crippen LogP contribution in [0.3, 0.4) is 0 Å². The Labute approximate surface area is 73.2 Å². The molecule has 2 unspecified atom stereocenters. The standard InChI is InChI=1S/C10H16O2/c1-7(2)8-3-4-10(6-11)9(5-8)12-10/h8-9,11H,1,3-6H2,2H3/t8?,9?,10-/m1/s1. The summed E-state index contributed by atoms with van der Waals surface area (Å²) in [6, 6.07) is 0. The molecule has 1 aliphatic heterocycles. The lowest BCUT2D eigenvalue weighted by molar-refractivity contribution is 0.160. The number of hydrogen-bond donors (Lipinski definition) is 1. The highest BCUT2D eigenvalue weighted by Crippen LogP contribution is 2.50. The molecule has 1 heterocycles. The summed E-state index contributed by atoms with van der Waals surface area (Å²) in [6.07, 6.45) is 3.52. The Bertz CT molecular complexity index is 212. The summed E-state index contributed by atoms with van der Waals surface area (Å²) < 4.78 is 5.50. The number of allylic oxidation sites excluding steroid dienone is 1. The summed E-state index contributed by atoms with van der Waals surface area (Å²) >= 11 is 0. The van der Waals surface area contributed by atoms with E-state index in [0.717, 1.165) is 19.3 Å². The lowest BCUT2D eigenvalue weighted by atomic mass is 9.79. The van der Waals surface area contributed by atoms with Crippen molar-refractivity contribution in [2.75, 3.05) is 6.61 Å². The van der Waals surface area contributed by atoms with Crippen LogP contribution in [0.15, 0.2) is 12.2 Å². The first-order valence-corrected chi connectivity index (χ1v) is 4.62. The van der Waals surface area contributed by atoms with Gasteiger partial charge in [0.05, 0.1) is 12.7 Å². The molecule has 2 nitrogen and oxygen atoms in total. The molecule has 0 spiro atoms. The molecule has 0 amide bonds. The maximum atomic E-state index is 9.07. The van der Waals surface area contributed by atoms with Crippen LogP contribution in [0.1, 0.15) is 26.2 Å². The molecule has 2 rings (SSSR count). The highest BCUT2D eigenvalue weighted by atomic mass is 16.6. The van der Waals surface area contributed by atoms with Crippen molar-refractivity contribution in [1.82, 2.24) is 0 Å². The lowest BCUT2D eigenvalue weighted by Gasteiger charge is -2.23. The normalized spacial score (nSPS) is 45.2. The third-order valence-corrected chi connectivity index (χ3v) is 3.29. The highest BCUT2D eigenvalue weighted by Gasteiger charge is 2.58. The van der Waals surface area contributed by atoms with Crippen molar-refractivity contribution in [3.63, 3.8) is 0 Å². The predicted octanol–water partition coefficient (Wildman–Crippen LogP) is 1.49. The first-order valence-electron chi connectivity index (χ1n) is 4.62. The first kappa shape index (κ1) is 8.27. The summed E-state index contributed by atoms with van der Waals surface area (Å²) in [6.45, 7) is 6.24. The van der Waals surface area contributed by atoms with Gasteiger partial charge in [-0.2, -0.15) is 0 Å². The van der Waals surface area contributed by atoms with E-state index >= 15 is 0 Å². The minimum absolute atomic E-state index is 0.133. The van der Waals surface area contributed by atoms with E-state index in [1.807, 2.05) is 0 Å². The van der Waals surface area contributed by atoms with E-state index in [1.54, 1.807) is 0 Å². The molecular formula is C10H16O2. The van der Waals surface area contributed by atoms with Crippen molar-refractivity contribution < 1.29 is 9.84 Å². The van der Waals surface area contributed by atoms with Crippen LogP contribution in [0.25, 0.3) is 0 Å². The third-order valence-electron chi connectivity index (χ3n) is 3.29. The van der Waals surface area contributed by atoms with Gasteiger partial charge >= 0.3 is 0 Å². The molecule has 2 fully saturated rings. The molecule has 0 aromatic heterocycles. The van der Waals surface area contributed by atoms with Gasteiger partial charge in [-0.3, -0.25) is 0 Å². The van der Waals surface area contributed by atoms with Gasteiger partial charge in [0.25, 0.3) is 0 Å². The van der Waals surface area contributed by atoms with Gasteiger partial charge in [0.1, 0.15) is 5.60 Å². The quantitative estimate of drug-likeness (QED) is 0.500. The Morgan fingerprint density at radius 2 is 2.50 bits per heavy atom. The minimum Gasteiger partial charge on any atom is -0.393 e. The van der Waals surface area contributed by atoms with Crippen LogP contribution < -0.4 is 0 Å². The van der Waals surface area contributed by atoms with Crippen molar-refractivity contribution in [2.45, 2.75) is 37.9 Å². The van der Waals surface area contributed by atoms with Crippen LogP contribution in [0.5, 0.6) is 0 Å². The zero-order chi connectivity index (χ0) is 8.77. The molecule has 68 valence electrons. The topological polar surface area (TPSA) is 32.8 Å². The Balaban J connectivity index is 1.96. The Morgan fingerprint density at radius 3 is 3.00 bits per heavy atom. The smallest absolute Gasteiger partial charge is 0.118 e. The Morgan fingerprint density at radius 1 is 1.75 bits per heavy atom. The van der Waals surface area contributed by atoms with Crippen molar-refractivity contribution >= 4 is 0 Å². The van der Waals surface area contributed by atoms with Crippen LogP contribution in [-0.4, -0.2) is 23.4 Å². The average Bonchev–Trinajstić information content (AvgIpc) is 2.77. The second kappa shape index (κ2) is 2.57. The van der Waals surface area contributed by atoms with Crippen LogP contribution >= 0.6 is 0 Å². The largest absolute Gasteiger partial charge is 0.393 e. The van der Waals surface area contributed by atoms with Crippen LogP contribution in [0, 0.1) is 5.92 Å². The third kappa shape index (κ3) is 1.10. The molecule has 0 radical (unpaired) electrons. The molecule has 1 aliphatic carbocycles. The Hall–Kier alpha value is -0.340. The van der Waals surface area contributed by atoms with Crippen LogP contribution in [0.2, 0.25) is 0 Å². The number of aliphatic hydroxyl groups excluding tert-OH is 1. The number of rotatable bonds is 2. The molecule has 2 aliphatic rings. The van der Waals surface area contributed by atoms with E-state index in [-0.39, 0.29) is 12.2 Å². The van der Waals surface area contributed by atoms with E-state index in [0.29, 0.717) is 12.0 Å². The molecule has 12 heavy (non-hydrogen) atoms. The van der Waals surface area contributed by atoms with Crippen molar-refractivity contribution in [3.05, 3.63) is 12.2 Å². The summed E-state index contributed by atoms with van der Waals surface area (Å²) in [5.41, 5.74) is 1.13. The average molecular weight is 168 g/mol. The van der Waals surface area contributed by atoms with Crippen molar-refractivity contribution in [1.29, 1.82) is 0 Å². The molecule has 0 aromatic carbocycles. The molecule has 1 saturated heterocycles. The maximum absolute atomic E-state index is 9.07. The number of epoxide rings is 1. The van der Waals surface area contributed by atoms with Gasteiger partial charge in [0.15, 0.2) is 0 Å². The number of ether oxygens (including phenoxy) is 1. The van der Waals surface area contributed by atoms with E-state index in [1.165, 1.54) is 5.57 Å². The predicted molar refractivity (Wildman–Crippen MR) is 46.8 cm³/mol.